The van der Waals surface area contributed by atoms with Crippen molar-refractivity contribution in [2.24, 2.45) is 5.92 Å². The molecule has 0 bridgehead atoms. The summed E-state index contributed by atoms with van der Waals surface area (Å²) in [5.74, 6) is -0.687. The molecule has 2 heterocycles. The molecule has 1 saturated heterocycles. The molecule has 1 fully saturated rings. The molecule has 2 aromatic rings. The molecule has 2 aliphatic rings. The number of carbonyl (C=O) groups excluding carboxylic acids is 2. The van der Waals surface area contributed by atoms with Crippen molar-refractivity contribution in [3.8, 4) is 11.5 Å². The Morgan fingerprint density at radius 2 is 1.93 bits per heavy atom. The molecule has 0 amide bonds. The zero-order valence-electron chi connectivity index (χ0n) is 14.7. The van der Waals surface area contributed by atoms with Crippen LogP contribution in [-0.4, -0.2) is 25.3 Å². The second-order valence-corrected chi connectivity index (χ2v) is 6.18. The van der Waals surface area contributed by atoms with Gasteiger partial charge in [0.2, 0.25) is 6.79 Å². The Morgan fingerprint density at radius 1 is 1.15 bits per heavy atom. The second kappa shape index (κ2) is 7.15. The zero-order valence-corrected chi connectivity index (χ0v) is 14.7. The Hall–Kier alpha value is -3.28. The van der Waals surface area contributed by atoms with Gasteiger partial charge in [0, 0.05) is 0 Å². The van der Waals surface area contributed by atoms with Gasteiger partial charge in [-0.25, -0.2) is 4.79 Å². The lowest BCUT2D eigenvalue weighted by molar-refractivity contribution is -0.149. The Kier molecular flexibility index (Phi) is 4.54. The van der Waals surface area contributed by atoms with Gasteiger partial charge < -0.3 is 18.9 Å². The van der Waals surface area contributed by atoms with E-state index >= 15 is 0 Å². The summed E-state index contributed by atoms with van der Waals surface area (Å²) in [4.78, 5) is 25.2. The zero-order chi connectivity index (χ0) is 18.8. The Labute approximate surface area is 156 Å². The van der Waals surface area contributed by atoms with Crippen LogP contribution in [0.4, 0.5) is 0 Å². The predicted octanol–water partition coefficient (Wildman–Crippen LogP) is 3.28. The minimum atomic E-state index is -0.849. The van der Waals surface area contributed by atoms with Gasteiger partial charge >= 0.3 is 11.9 Å². The minimum Gasteiger partial charge on any atom is -0.465 e. The first-order valence-corrected chi connectivity index (χ1v) is 8.71. The van der Waals surface area contributed by atoms with E-state index in [2.05, 4.69) is 0 Å². The van der Waals surface area contributed by atoms with Crippen molar-refractivity contribution in [2.75, 3.05) is 13.4 Å². The molecule has 0 radical (unpaired) electrons. The van der Waals surface area contributed by atoms with Gasteiger partial charge in [0.05, 0.1) is 12.2 Å². The highest BCUT2D eigenvalue weighted by Crippen LogP contribution is 2.43. The summed E-state index contributed by atoms with van der Waals surface area (Å²) in [6, 6.07) is 14.6. The monoisotopic (exact) mass is 366 g/mol. The van der Waals surface area contributed by atoms with Crippen LogP contribution < -0.4 is 9.47 Å². The van der Waals surface area contributed by atoms with E-state index < -0.39 is 24.0 Å². The van der Waals surface area contributed by atoms with E-state index in [-0.39, 0.29) is 19.0 Å². The summed E-state index contributed by atoms with van der Waals surface area (Å²) in [6.07, 6.45) is 0.901. The van der Waals surface area contributed by atoms with Crippen LogP contribution >= 0.6 is 0 Å². The van der Waals surface area contributed by atoms with Crippen LogP contribution in [0.25, 0.3) is 6.08 Å². The van der Waals surface area contributed by atoms with Crippen LogP contribution in [0, 0.1) is 5.92 Å². The highest BCUT2D eigenvalue weighted by molar-refractivity contribution is 6.02. The number of hydrogen-bond acceptors (Lipinski definition) is 6. The van der Waals surface area contributed by atoms with Gasteiger partial charge in [0.15, 0.2) is 11.5 Å². The maximum atomic E-state index is 12.7. The average Bonchev–Trinajstić information content (AvgIpc) is 3.27. The van der Waals surface area contributed by atoms with Crippen LogP contribution in [0.5, 0.6) is 11.5 Å². The molecular formula is C21H18O6. The van der Waals surface area contributed by atoms with Crippen LogP contribution in [-0.2, 0) is 19.1 Å². The van der Waals surface area contributed by atoms with E-state index in [1.807, 2.05) is 30.3 Å². The van der Waals surface area contributed by atoms with Gasteiger partial charge in [0.1, 0.15) is 12.0 Å². The fourth-order valence-electron chi connectivity index (χ4n) is 3.25. The molecular weight excluding hydrogens is 348 g/mol. The van der Waals surface area contributed by atoms with Crippen molar-refractivity contribution in [1.29, 1.82) is 0 Å². The highest BCUT2D eigenvalue weighted by atomic mass is 16.7. The third kappa shape index (κ3) is 3.26. The summed E-state index contributed by atoms with van der Waals surface area (Å²) >= 11 is 0. The van der Waals surface area contributed by atoms with Crippen molar-refractivity contribution in [1.82, 2.24) is 0 Å². The fourth-order valence-corrected chi connectivity index (χ4v) is 3.25. The van der Waals surface area contributed by atoms with Crippen LogP contribution in [0.2, 0.25) is 0 Å². The third-order valence-electron chi connectivity index (χ3n) is 4.49. The largest absolute Gasteiger partial charge is 0.465 e. The minimum absolute atomic E-state index is 0.143. The molecule has 2 aliphatic heterocycles. The Balaban J connectivity index is 1.74. The normalized spacial score (nSPS) is 22.0. The SMILES string of the molecule is CCOC(=O)[C@H]1/C(=C\c2ccccc2)C(=O)O[C@H]1c1ccc2c(c1)OCO2. The van der Waals surface area contributed by atoms with E-state index in [0.29, 0.717) is 17.1 Å². The van der Waals surface area contributed by atoms with Gasteiger partial charge in [-0.15, -0.1) is 0 Å². The number of hydrogen-bond donors (Lipinski definition) is 0. The Bertz CT molecular complexity index is 902. The first-order chi connectivity index (χ1) is 13.2. The lowest BCUT2D eigenvalue weighted by Gasteiger charge is -2.17. The quantitative estimate of drug-likeness (QED) is 0.611. The average molecular weight is 366 g/mol. The van der Waals surface area contributed by atoms with Crippen molar-refractivity contribution in [2.45, 2.75) is 13.0 Å². The van der Waals surface area contributed by atoms with Crippen LogP contribution in [0.1, 0.15) is 24.2 Å². The molecule has 2 atom stereocenters. The van der Waals surface area contributed by atoms with Gasteiger partial charge in [0.25, 0.3) is 0 Å². The number of fused-ring (bicyclic) bond motifs is 1. The molecule has 0 aromatic heterocycles. The molecule has 0 spiro atoms. The molecule has 0 aliphatic carbocycles. The van der Waals surface area contributed by atoms with E-state index in [4.69, 9.17) is 18.9 Å². The number of cyclic esters (lactones) is 1. The van der Waals surface area contributed by atoms with Gasteiger partial charge in [-0.1, -0.05) is 36.4 Å². The van der Waals surface area contributed by atoms with Crippen molar-refractivity contribution in [3.63, 3.8) is 0 Å². The number of esters is 2. The van der Waals surface area contributed by atoms with E-state index in [1.54, 1.807) is 31.2 Å². The molecule has 2 aromatic carbocycles. The topological polar surface area (TPSA) is 71.1 Å². The number of benzene rings is 2. The Morgan fingerprint density at radius 3 is 2.70 bits per heavy atom. The number of carbonyl (C=O) groups is 2. The summed E-state index contributed by atoms with van der Waals surface area (Å²) < 4.78 is 21.5. The first kappa shape index (κ1) is 17.1. The van der Waals surface area contributed by atoms with Crippen LogP contribution in [0.15, 0.2) is 54.1 Å². The van der Waals surface area contributed by atoms with E-state index in [1.165, 1.54) is 0 Å². The van der Waals surface area contributed by atoms with Crippen molar-refractivity contribution >= 4 is 18.0 Å². The molecule has 6 heteroatoms. The third-order valence-corrected chi connectivity index (χ3v) is 4.49. The maximum Gasteiger partial charge on any atom is 0.335 e. The second-order valence-electron chi connectivity index (χ2n) is 6.18. The molecule has 0 saturated carbocycles. The van der Waals surface area contributed by atoms with E-state index in [0.717, 1.165) is 5.56 Å². The fraction of sp³-hybridized carbons (Fsp3) is 0.238. The van der Waals surface area contributed by atoms with Crippen molar-refractivity contribution in [3.05, 3.63) is 65.2 Å². The molecule has 6 nitrogen and oxygen atoms in total. The van der Waals surface area contributed by atoms with Gasteiger partial charge in [-0.2, -0.15) is 0 Å². The van der Waals surface area contributed by atoms with Crippen LogP contribution in [0.3, 0.4) is 0 Å². The summed E-state index contributed by atoms with van der Waals surface area (Å²) in [7, 11) is 0. The molecule has 4 rings (SSSR count). The summed E-state index contributed by atoms with van der Waals surface area (Å²) in [5, 5.41) is 0. The molecule has 0 N–H and O–H groups in total. The maximum absolute atomic E-state index is 12.7. The summed E-state index contributed by atoms with van der Waals surface area (Å²) in [5.41, 5.74) is 1.74. The van der Waals surface area contributed by atoms with E-state index in [9.17, 15) is 9.59 Å². The highest BCUT2D eigenvalue weighted by Gasteiger charge is 2.46. The lowest BCUT2D eigenvalue weighted by Crippen LogP contribution is -2.22. The smallest absolute Gasteiger partial charge is 0.335 e. The van der Waals surface area contributed by atoms with Crippen molar-refractivity contribution < 1.29 is 28.5 Å². The predicted molar refractivity (Wildman–Crippen MR) is 95.9 cm³/mol. The van der Waals surface area contributed by atoms with Gasteiger partial charge in [-0.3, -0.25) is 4.79 Å². The number of ether oxygens (including phenoxy) is 4. The summed E-state index contributed by atoms with van der Waals surface area (Å²) in [6.45, 7) is 2.09. The molecule has 0 unspecified atom stereocenters. The standard InChI is InChI=1S/C21H18O6/c1-2-24-21(23)18-15(10-13-6-4-3-5-7-13)20(22)27-19(18)14-8-9-16-17(11-14)26-12-25-16/h3-11,18-19H,2,12H2,1H3/b15-10+/t18-,19-/m0/s1. The molecule has 138 valence electrons. The molecule has 27 heavy (non-hydrogen) atoms. The van der Waals surface area contributed by atoms with Gasteiger partial charge in [-0.05, 0) is 36.3 Å². The lowest BCUT2D eigenvalue weighted by atomic mass is 9.90. The first-order valence-electron chi connectivity index (χ1n) is 8.71. The number of rotatable bonds is 4.